The van der Waals surface area contributed by atoms with Gasteiger partial charge in [0.1, 0.15) is 11.5 Å². The van der Waals surface area contributed by atoms with Crippen LogP contribution in [0.3, 0.4) is 0 Å². The van der Waals surface area contributed by atoms with Crippen molar-refractivity contribution in [3.8, 4) is 0 Å². The fourth-order valence-corrected chi connectivity index (χ4v) is 3.21. The summed E-state index contributed by atoms with van der Waals surface area (Å²) in [5.41, 5.74) is 0.135. The number of sulfonamides is 1. The van der Waals surface area contributed by atoms with Crippen LogP contribution >= 0.6 is 0 Å². The minimum atomic E-state index is -3.81. The smallest absolute Gasteiger partial charge is 0.268 e. The summed E-state index contributed by atoms with van der Waals surface area (Å²) >= 11 is 0. The number of nitrogens with zero attached hydrogens (tertiary/aromatic N) is 3. The van der Waals surface area contributed by atoms with Gasteiger partial charge in [0.2, 0.25) is 0 Å². The van der Waals surface area contributed by atoms with E-state index in [1.165, 1.54) is 13.0 Å². The van der Waals surface area contributed by atoms with E-state index in [9.17, 15) is 8.42 Å². The summed E-state index contributed by atoms with van der Waals surface area (Å²) in [7, 11) is -3.81. The Labute approximate surface area is 129 Å². The fourth-order valence-electron chi connectivity index (χ4n) is 1.88. The van der Waals surface area contributed by atoms with Crippen LogP contribution in [0.4, 0.5) is 11.6 Å². The van der Waals surface area contributed by atoms with Gasteiger partial charge >= 0.3 is 0 Å². The number of hydrogen-bond acceptors (Lipinski definition) is 7. The van der Waals surface area contributed by atoms with Crippen LogP contribution in [-0.4, -0.2) is 29.3 Å². The van der Waals surface area contributed by atoms with Crippen molar-refractivity contribution in [3.05, 3.63) is 23.6 Å². The first-order valence-electron chi connectivity index (χ1n) is 6.66. The van der Waals surface area contributed by atoms with Crippen molar-refractivity contribution in [3.63, 3.8) is 0 Å². The van der Waals surface area contributed by atoms with E-state index in [0.717, 1.165) is 0 Å². The molecule has 22 heavy (non-hydrogen) atoms. The number of aromatic nitrogens is 3. The Morgan fingerprint density at radius 2 is 1.68 bits per heavy atom. The molecule has 0 aromatic carbocycles. The topological polar surface area (TPSA) is 110 Å². The van der Waals surface area contributed by atoms with Gasteiger partial charge in [0.25, 0.3) is 10.0 Å². The summed E-state index contributed by atoms with van der Waals surface area (Å²) in [5, 5.41) is 14.6. The van der Waals surface area contributed by atoms with E-state index < -0.39 is 10.0 Å². The molecule has 0 fully saturated rings. The third-order valence-corrected chi connectivity index (χ3v) is 4.24. The average Bonchev–Trinajstić information content (AvgIpc) is 2.70. The van der Waals surface area contributed by atoms with Gasteiger partial charge < -0.3 is 9.84 Å². The average molecular weight is 325 g/mol. The molecular formula is C13H19N5O3S. The number of hydrogen-bond donors (Lipinski definition) is 2. The Hall–Kier alpha value is -2.16. The molecule has 0 amide bonds. The zero-order chi connectivity index (χ0) is 16.5. The van der Waals surface area contributed by atoms with E-state index in [-0.39, 0.29) is 22.0 Å². The zero-order valence-electron chi connectivity index (χ0n) is 13.1. The molecule has 0 aliphatic rings. The van der Waals surface area contributed by atoms with E-state index in [4.69, 9.17) is 4.52 Å². The predicted molar refractivity (Wildman–Crippen MR) is 82.2 cm³/mol. The Balaban J connectivity index is 2.21. The largest absolute Gasteiger partial charge is 0.364 e. The molecule has 0 saturated heterocycles. The zero-order valence-corrected chi connectivity index (χ0v) is 13.9. The summed E-state index contributed by atoms with van der Waals surface area (Å²) < 4.78 is 31.9. The Morgan fingerprint density at radius 3 is 2.14 bits per heavy atom. The summed E-state index contributed by atoms with van der Waals surface area (Å²) in [6.45, 7) is 9.07. The molecule has 8 nitrogen and oxygen atoms in total. The SMILES string of the molecule is Cc1noc(C)c1S(=O)(=O)Nc1ccc(NC(C)(C)C)nn1. The Bertz CT molecular complexity index is 740. The third kappa shape index (κ3) is 3.73. The van der Waals surface area contributed by atoms with Gasteiger partial charge in [-0.2, -0.15) is 0 Å². The molecule has 0 spiro atoms. The van der Waals surface area contributed by atoms with E-state index in [2.05, 4.69) is 25.4 Å². The molecule has 2 N–H and O–H groups in total. The van der Waals surface area contributed by atoms with Crippen molar-refractivity contribution in [2.75, 3.05) is 10.0 Å². The molecule has 0 atom stereocenters. The lowest BCUT2D eigenvalue weighted by molar-refractivity contribution is 0.390. The van der Waals surface area contributed by atoms with Crippen molar-refractivity contribution in [1.82, 2.24) is 15.4 Å². The second-order valence-corrected chi connectivity index (χ2v) is 7.56. The van der Waals surface area contributed by atoms with E-state index in [1.807, 2.05) is 20.8 Å². The van der Waals surface area contributed by atoms with Crippen LogP contribution in [0.2, 0.25) is 0 Å². The molecular weight excluding hydrogens is 306 g/mol. The fraction of sp³-hybridized carbons (Fsp3) is 0.462. The molecule has 0 aliphatic heterocycles. The number of rotatable bonds is 4. The first-order chi connectivity index (χ1) is 10.1. The van der Waals surface area contributed by atoms with Crippen LogP contribution in [0.1, 0.15) is 32.2 Å². The highest BCUT2D eigenvalue weighted by Crippen LogP contribution is 2.21. The minimum Gasteiger partial charge on any atom is -0.364 e. The molecule has 0 bridgehead atoms. The minimum absolute atomic E-state index is 0.0196. The first kappa shape index (κ1) is 16.2. The first-order valence-corrected chi connectivity index (χ1v) is 8.14. The van der Waals surface area contributed by atoms with E-state index >= 15 is 0 Å². The summed E-state index contributed by atoms with van der Waals surface area (Å²) in [6, 6.07) is 3.19. The van der Waals surface area contributed by atoms with Gasteiger partial charge in [-0.1, -0.05) is 5.16 Å². The molecule has 0 unspecified atom stereocenters. The third-order valence-electron chi connectivity index (χ3n) is 2.64. The summed E-state index contributed by atoms with van der Waals surface area (Å²) in [5.74, 6) is 0.913. The highest BCUT2D eigenvalue weighted by atomic mass is 32.2. The normalized spacial score (nSPS) is 12.2. The summed E-state index contributed by atoms with van der Waals surface area (Å²) in [6.07, 6.45) is 0. The lowest BCUT2D eigenvalue weighted by Gasteiger charge is -2.20. The van der Waals surface area contributed by atoms with Crippen LogP contribution < -0.4 is 10.0 Å². The number of anilines is 2. The second-order valence-electron chi connectivity index (χ2n) is 5.94. The number of aryl methyl sites for hydroxylation is 2. The molecule has 2 aromatic rings. The van der Waals surface area contributed by atoms with Gasteiger partial charge in [-0.25, -0.2) is 8.42 Å². The van der Waals surface area contributed by atoms with E-state index in [1.54, 1.807) is 13.0 Å². The maximum Gasteiger partial charge on any atom is 0.268 e. The van der Waals surface area contributed by atoms with Gasteiger partial charge in [-0.15, -0.1) is 10.2 Å². The molecule has 120 valence electrons. The molecule has 2 rings (SSSR count). The number of nitrogens with one attached hydrogen (secondary N) is 2. The highest BCUT2D eigenvalue weighted by molar-refractivity contribution is 7.92. The Kier molecular flexibility index (Phi) is 4.10. The van der Waals surface area contributed by atoms with Crippen LogP contribution in [-0.2, 0) is 10.0 Å². The van der Waals surface area contributed by atoms with Crippen molar-refractivity contribution < 1.29 is 12.9 Å². The van der Waals surface area contributed by atoms with Crippen LogP contribution in [0, 0.1) is 13.8 Å². The van der Waals surface area contributed by atoms with Crippen LogP contribution in [0.5, 0.6) is 0 Å². The van der Waals surface area contributed by atoms with Crippen molar-refractivity contribution in [1.29, 1.82) is 0 Å². The van der Waals surface area contributed by atoms with Crippen molar-refractivity contribution >= 4 is 21.7 Å². The van der Waals surface area contributed by atoms with Gasteiger partial charge in [-0.05, 0) is 46.8 Å². The molecule has 9 heteroatoms. The van der Waals surface area contributed by atoms with Gasteiger partial charge in [0.05, 0.1) is 0 Å². The molecule has 0 aliphatic carbocycles. The van der Waals surface area contributed by atoms with Crippen LogP contribution in [0.15, 0.2) is 21.6 Å². The predicted octanol–water partition coefficient (Wildman–Crippen LogP) is 2.09. The molecule has 0 saturated carbocycles. The van der Waals surface area contributed by atoms with Crippen molar-refractivity contribution in [2.45, 2.75) is 45.1 Å². The van der Waals surface area contributed by atoms with Gasteiger partial charge in [0.15, 0.2) is 16.5 Å². The van der Waals surface area contributed by atoms with Gasteiger partial charge in [0, 0.05) is 5.54 Å². The van der Waals surface area contributed by atoms with Crippen molar-refractivity contribution in [2.24, 2.45) is 0 Å². The lowest BCUT2D eigenvalue weighted by Crippen LogP contribution is -2.27. The molecule has 2 heterocycles. The molecule has 2 aromatic heterocycles. The van der Waals surface area contributed by atoms with E-state index in [0.29, 0.717) is 11.5 Å². The standard InChI is InChI=1S/C13H19N5O3S/c1-8-12(9(2)21-17-8)22(19,20)18-11-7-6-10(15-16-11)14-13(3,4)5/h6-7H,1-5H3,(H,14,15)(H,16,18). The van der Waals surface area contributed by atoms with Gasteiger partial charge in [-0.3, -0.25) is 4.72 Å². The van der Waals surface area contributed by atoms with Crippen LogP contribution in [0.25, 0.3) is 0 Å². The maximum atomic E-state index is 12.3. The maximum absolute atomic E-state index is 12.3. The second kappa shape index (κ2) is 5.56. The molecule has 0 radical (unpaired) electrons. The quantitative estimate of drug-likeness (QED) is 0.885. The highest BCUT2D eigenvalue weighted by Gasteiger charge is 2.24. The Morgan fingerprint density at radius 1 is 1.09 bits per heavy atom. The lowest BCUT2D eigenvalue weighted by atomic mass is 10.1. The monoisotopic (exact) mass is 325 g/mol. The summed E-state index contributed by atoms with van der Waals surface area (Å²) in [4.78, 5) is 0.0196.